The molecule has 9 nitrogen and oxygen atoms in total. The largest absolute Gasteiger partial charge is 0.352 e. The summed E-state index contributed by atoms with van der Waals surface area (Å²) in [6, 6.07) is 12.0. The summed E-state index contributed by atoms with van der Waals surface area (Å²) < 4.78 is 27.3. The number of sulfonamides is 1. The molecule has 0 unspecified atom stereocenters. The van der Waals surface area contributed by atoms with Crippen LogP contribution in [-0.4, -0.2) is 54.0 Å². The van der Waals surface area contributed by atoms with E-state index >= 15 is 0 Å². The van der Waals surface area contributed by atoms with Crippen LogP contribution in [0.4, 0.5) is 11.5 Å². The fourth-order valence-electron chi connectivity index (χ4n) is 3.43. The Morgan fingerprint density at radius 1 is 0.879 bits per heavy atom. The lowest BCUT2D eigenvalue weighted by atomic mass is 10.1. The number of nitro groups is 1. The van der Waals surface area contributed by atoms with Crippen LogP contribution in [0, 0.1) is 10.1 Å². The fraction of sp³-hybridized carbons (Fsp3) is 0.200. The molecular weight excluding hydrogens is 513 g/mol. The highest BCUT2D eigenvalue weighted by molar-refractivity contribution is 7.89. The summed E-state index contributed by atoms with van der Waals surface area (Å²) in [7, 11) is -4.00. The van der Waals surface area contributed by atoms with E-state index in [1.165, 1.54) is 16.4 Å². The number of piperazine rings is 1. The van der Waals surface area contributed by atoms with E-state index in [1.54, 1.807) is 30.3 Å². The van der Waals surface area contributed by atoms with E-state index in [0.29, 0.717) is 40.2 Å². The first kappa shape index (κ1) is 23.7. The van der Waals surface area contributed by atoms with Gasteiger partial charge in [0, 0.05) is 48.9 Å². The molecule has 1 aliphatic heterocycles. The number of halogens is 3. The van der Waals surface area contributed by atoms with Gasteiger partial charge in [0.2, 0.25) is 10.0 Å². The summed E-state index contributed by atoms with van der Waals surface area (Å²) in [5.74, 6) is 0.592. The third-order valence-electron chi connectivity index (χ3n) is 5.16. The molecule has 0 spiro atoms. The molecule has 0 bridgehead atoms. The minimum atomic E-state index is -4.00. The Balaban J connectivity index is 1.48. The van der Waals surface area contributed by atoms with E-state index in [9.17, 15) is 18.5 Å². The molecular formula is C20H16Cl3N5O4S. The Labute approximate surface area is 204 Å². The number of hydrogen-bond acceptors (Lipinski definition) is 7. The first-order valence-electron chi connectivity index (χ1n) is 9.65. The molecule has 2 heterocycles. The van der Waals surface area contributed by atoms with Crippen molar-refractivity contribution >= 4 is 56.3 Å². The van der Waals surface area contributed by atoms with Gasteiger partial charge in [-0.2, -0.15) is 4.31 Å². The standard InChI is InChI=1S/C20H16Cl3N5O4S/c21-13-1-3-15(17(23)11-13)18-5-6-20(25-24-18)26-7-9-27(10-8-26)33(31,32)19-12-14(28(29)30)2-4-16(19)22/h1-6,11-12H,7-10H2. The molecule has 1 aliphatic rings. The first-order valence-corrected chi connectivity index (χ1v) is 12.2. The maximum Gasteiger partial charge on any atom is 0.270 e. The van der Waals surface area contributed by atoms with Gasteiger partial charge in [-0.1, -0.05) is 34.8 Å². The van der Waals surface area contributed by atoms with Crippen molar-refractivity contribution in [2.24, 2.45) is 0 Å². The van der Waals surface area contributed by atoms with Crippen molar-refractivity contribution in [2.75, 3.05) is 31.1 Å². The number of non-ortho nitro benzene ring substituents is 1. The molecule has 3 aromatic rings. The smallest absolute Gasteiger partial charge is 0.270 e. The van der Waals surface area contributed by atoms with Crippen molar-refractivity contribution in [3.05, 3.63) is 73.7 Å². The number of rotatable bonds is 5. The molecule has 1 fully saturated rings. The maximum atomic E-state index is 13.0. The molecule has 1 aromatic heterocycles. The summed E-state index contributed by atoms with van der Waals surface area (Å²) in [5, 5.41) is 20.4. The molecule has 0 N–H and O–H groups in total. The Bertz CT molecular complexity index is 1310. The summed E-state index contributed by atoms with van der Waals surface area (Å²) in [5.41, 5.74) is 0.944. The molecule has 0 saturated carbocycles. The predicted molar refractivity (Wildman–Crippen MR) is 127 cm³/mol. The number of nitrogens with zero attached hydrogens (tertiary/aromatic N) is 5. The molecule has 0 atom stereocenters. The van der Waals surface area contributed by atoms with Crippen LogP contribution >= 0.6 is 34.8 Å². The maximum absolute atomic E-state index is 13.0. The zero-order chi connectivity index (χ0) is 23.8. The quantitative estimate of drug-likeness (QED) is 0.354. The topological polar surface area (TPSA) is 110 Å². The molecule has 13 heteroatoms. The van der Waals surface area contributed by atoms with E-state index < -0.39 is 14.9 Å². The lowest BCUT2D eigenvalue weighted by molar-refractivity contribution is -0.385. The average molecular weight is 529 g/mol. The van der Waals surface area contributed by atoms with Crippen molar-refractivity contribution < 1.29 is 13.3 Å². The van der Waals surface area contributed by atoms with E-state index in [4.69, 9.17) is 34.8 Å². The van der Waals surface area contributed by atoms with Crippen molar-refractivity contribution in [1.82, 2.24) is 14.5 Å². The van der Waals surface area contributed by atoms with Crippen molar-refractivity contribution in [3.63, 3.8) is 0 Å². The minimum Gasteiger partial charge on any atom is -0.352 e. The minimum absolute atomic E-state index is 0.0645. The molecule has 4 rings (SSSR count). The Morgan fingerprint density at radius 2 is 1.61 bits per heavy atom. The monoisotopic (exact) mass is 527 g/mol. The number of aromatic nitrogens is 2. The van der Waals surface area contributed by atoms with Crippen LogP contribution in [0.2, 0.25) is 15.1 Å². The van der Waals surface area contributed by atoms with Crippen LogP contribution < -0.4 is 4.90 Å². The highest BCUT2D eigenvalue weighted by Crippen LogP contribution is 2.31. The van der Waals surface area contributed by atoms with E-state index in [-0.39, 0.29) is 28.7 Å². The van der Waals surface area contributed by atoms with Gasteiger partial charge in [0.15, 0.2) is 5.82 Å². The van der Waals surface area contributed by atoms with Crippen LogP contribution in [0.15, 0.2) is 53.4 Å². The third kappa shape index (κ3) is 4.90. The second-order valence-corrected chi connectivity index (χ2v) is 10.3. The van der Waals surface area contributed by atoms with Gasteiger partial charge >= 0.3 is 0 Å². The molecule has 172 valence electrons. The van der Waals surface area contributed by atoms with E-state index in [0.717, 1.165) is 6.07 Å². The highest BCUT2D eigenvalue weighted by Gasteiger charge is 2.32. The summed E-state index contributed by atoms with van der Waals surface area (Å²) in [4.78, 5) is 12.0. The van der Waals surface area contributed by atoms with Gasteiger partial charge in [-0.15, -0.1) is 10.2 Å². The molecule has 0 aliphatic carbocycles. The average Bonchev–Trinajstić information content (AvgIpc) is 2.79. The van der Waals surface area contributed by atoms with Gasteiger partial charge in [0.25, 0.3) is 5.69 Å². The summed E-state index contributed by atoms with van der Waals surface area (Å²) in [6.07, 6.45) is 0. The lowest BCUT2D eigenvalue weighted by Crippen LogP contribution is -2.49. The van der Waals surface area contributed by atoms with E-state index in [2.05, 4.69) is 10.2 Å². The van der Waals surface area contributed by atoms with Crippen LogP contribution in [0.25, 0.3) is 11.3 Å². The lowest BCUT2D eigenvalue weighted by Gasteiger charge is -2.34. The number of hydrogen-bond donors (Lipinski definition) is 0. The van der Waals surface area contributed by atoms with Crippen LogP contribution in [0.3, 0.4) is 0 Å². The SMILES string of the molecule is O=[N+]([O-])c1ccc(Cl)c(S(=O)(=O)N2CCN(c3ccc(-c4ccc(Cl)cc4Cl)nn3)CC2)c1. The summed E-state index contributed by atoms with van der Waals surface area (Å²) in [6.45, 7) is 1.05. The van der Waals surface area contributed by atoms with Crippen molar-refractivity contribution in [2.45, 2.75) is 4.90 Å². The molecule has 33 heavy (non-hydrogen) atoms. The van der Waals surface area contributed by atoms with Gasteiger partial charge in [0.1, 0.15) is 4.90 Å². The number of anilines is 1. The van der Waals surface area contributed by atoms with Crippen LogP contribution in [0.1, 0.15) is 0 Å². The van der Waals surface area contributed by atoms with Crippen molar-refractivity contribution in [1.29, 1.82) is 0 Å². The van der Waals surface area contributed by atoms with E-state index in [1.807, 2.05) is 4.90 Å². The zero-order valence-electron chi connectivity index (χ0n) is 16.9. The van der Waals surface area contributed by atoms with Crippen LogP contribution in [0.5, 0.6) is 0 Å². The Morgan fingerprint density at radius 3 is 2.21 bits per heavy atom. The second kappa shape index (κ2) is 9.40. The van der Waals surface area contributed by atoms with Gasteiger partial charge in [-0.05, 0) is 36.4 Å². The van der Waals surface area contributed by atoms with Gasteiger partial charge in [0.05, 0.1) is 20.7 Å². The fourth-order valence-corrected chi connectivity index (χ4v) is 5.86. The molecule has 0 amide bonds. The Kier molecular flexibility index (Phi) is 6.73. The Hall–Kier alpha value is -2.50. The molecule has 2 aromatic carbocycles. The zero-order valence-corrected chi connectivity index (χ0v) is 19.9. The predicted octanol–water partition coefficient (Wildman–Crippen LogP) is 4.52. The summed E-state index contributed by atoms with van der Waals surface area (Å²) >= 11 is 18.2. The van der Waals surface area contributed by atoms with Crippen molar-refractivity contribution in [3.8, 4) is 11.3 Å². The van der Waals surface area contributed by atoms with Crippen LogP contribution in [-0.2, 0) is 10.0 Å². The first-order chi connectivity index (χ1) is 15.7. The van der Waals surface area contributed by atoms with Gasteiger partial charge in [-0.25, -0.2) is 8.42 Å². The molecule has 0 radical (unpaired) electrons. The number of nitro benzene ring substituents is 1. The van der Waals surface area contributed by atoms with Gasteiger partial charge in [-0.3, -0.25) is 10.1 Å². The highest BCUT2D eigenvalue weighted by atomic mass is 35.5. The normalized spacial score (nSPS) is 14.9. The van der Waals surface area contributed by atoms with Gasteiger partial charge < -0.3 is 4.90 Å². The third-order valence-corrected chi connectivity index (χ3v) is 8.09. The molecule has 1 saturated heterocycles. The number of benzene rings is 2. The second-order valence-electron chi connectivity index (χ2n) is 7.16.